The fourth-order valence-corrected chi connectivity index (χ4v) is 3.83. The van der Waals surface area contributed by atoms with E-state index in [9.17, 15) is 9.59 Å². The number of hydrogen-bond acceptors (Lipinski definition) is 2. The van der Waals surface area contributed by atoms with Crippen molar-refractivity contribution in [2.45, 2.75) is 51.5 Å². The van der Waals surface area contributed by atoms with Gasteiger partial charge in [0.1, 0.15) is 0 Å². The van der Waals surface area contributed by atoms with Crippen molar-refractivity contribution in [1.29, 1.82) is 0 Å². The summed E-state index contributed by atoms with van der Waals surface area (Å²) in [5.74, 6) is 1.46. The second-order valence-electron chi connectivity index (χ2n) is 6.47. The lowest BCUT2D eigenvalue weighted by atomic mass is 9.88. The molecule has 5 heteroatoms. The number of nitrogens with zero attached hydrogens (tertiary/aromatic N) is 1. The van der Waals surface area contributed by atoms with Crippen molar-refractivity contribution in [3.8, 4) is 0 Å². The summed E-state index contributed by atoms with van der Waals surface area (Å²) in [6.07, 6.45) is 5.92. The Balaban J connectivity index is 1.78. The van der Waals surface area contributed by atoms with Crippen molar-refractivity contribution in [3.05, 3.63) is 0 Å². The molecule has 20 heavy (non-hydrogen) atoms. The molecule has 2 aliphatic rings. The largest absolute Gasteiger partial charge is 0.481 e. The molecule has 2 N–H and O–H groups in total. The summed E-state index contributed by atoms with van der Waals surface area (Å²) in [6.45, 7) is 2.69. The van der Waals surface area contributed by atoms with Crippen LogP contribution in [0.15, 0.2) is 0 Å². The van der Waals surface area contributed by atoms with E-state index in [-0.39, 0.29) is 18.5 Å². The molecule has 0 heterocycles. The van der Waals surface area contributed by atoms with Crippen LogP contribution in [-0.4, -0.2) is 41.6 Å². The fourth-order valence-electron chi connectivity index (χ4n) is 3.83. The van der Waals surface area contributed by atoms with Crippen LogP contribution in [0.5, 0.6) is 0 Å². The van der Waals surface area contributed by atoms with Gasteiger partial charge in [0.25, 0.3) is 0 Å². The third kappa shape index (κ3) is 3.64. The summed E-state index contributed by atoms with van der Waals surface area (Å²) >= 11 is 0. The number of hydrogen-bond donors (Lipinski definition) is 2. The van der Waals surface area contributed by atoms with E-state index >= 15 is 0 Å². The molecule has 2 rings (SSSR count). The van der Waals surface area contributed by atoms with Crippen molar-refractivity contribution in [3.63, 3.8) is 0 Å². The third-order valence-corrected chi connectivity index (χ3v) is 4.98. The fraction of sp³-hybridized carbons (Fsp3) is 0.867. The lowest BCUT2D eigenvalue weighted by Crippen LogP contribution is -2.45. The lowest BCUT2D eigenvalue weighted by molar-refractivity contribution is -0.137. The molecule has 2 fully saturated rings. The molecule has 2 saturated carbocycles. The highest BCUT2D eigenvalue weighted by Crippen LogP contribution is 2.48. The van der Waals surface area contributed by atoms with Gasteiger partial charge in [-0.05, 0) is 43.4 Å². The number of carboxylic acid groups (broad SMARTS) is 1. The number of nitrogens with one attached hydrogen (secondary N) is 1. The highest BCUT2D eigenvalue weighted by atomic mass is 16.4. The van der Waals surface area contributed by atoms with Gasteiger partial charge >= 0.3 is 12.0 Å². The van der Waals surface area contributed by atoms with Gasteiger partial charge in [-0.25, -0.2) is 4.79 Å². The number of fused-ring (bicyclic) bond motifs is 2. The topological polar surface area (TPSA) is 69.6 Å². The normalized spacial score (nSPS) is 29.2. The van der Waals surface area contributed by atoms with Crippen LogP contribution < -0.4 is 5.32 Å². The molecule has 4 unspecified atom stereocenters. The van der Waals surface area contributed by atoms with Crippen LogP contribution in [0.3, 0.4) is 0 Å². The second kappa shape index (κ2) is 6.46. The Kier molecular flexibility index (Phi) is 4.89. The molecule has 4 atom stereocenters. The highest BCUT2D eigenvalue weighted by molar-refractivity contribution is 5.75. The number of urea groups is 1. The molecule has 0 saturated heterocycles. The van der Waals surface area contributed by atoms with E-state index in [2.05, 4.69) is 5.32 Å². The number of carboxylic acids is 1. The van der Waals surface area contributed by atoms with E-state index in [1.165, 1.54) is 25.7 Å². The summed E-state index contributed by atoms with van der Waals surface area (Å²) in [5.41, 5.74) is 0. The predicted molar refractivity (Wildman–Crippen MR) is 76.4 cm³/mol. The molecule has 0 aromatic rings. The molecule has 2 bridgehead atoms. The Labute approximate surface area is 120 Å². The molecule has 114 valence electrons. The van der Waals surface area contributed by atoms with Crippen LogP contribution in [-0.2, 0) is 4.79 Å². The van der Waals surface area contributed by atoms with Gasteiger partial charge in [0.05, 0.1) is 6.42 Å². The number of rotatable bonds is 6. The van der Waals surface area contributed by atoms with E-state index in [0.717, 1.165) is 18.4 Å². The average Bonchev–Trinajstić information content (AvgIpc) is 2.99. The van der Waals surface area contributed by atoms with Crippen LogP contribution in [0, 0.1) is 17.8 Å². The Morgan fingerprint density at radius 3 is 2.60 bits per heavy atom. The molecule has 5 nitrogen and oxygen atoms in total. The van der Waals surface area contributed by atoms with E-state index < -0.39 is 5.97 Å². The number of carbonyl (C=O) groups excluding carboxylic acids is 1. The first-order valence-electron chi connectivity index (χ1n) is 7.73. The monoisotopic (exact) mass is 282 g/mol. The van der Waals surface area contributed by atoms with E-state index in [1.54, 1.807) is 4.90 Å². The van der Waals surface area contributed by atoms with Crippen molar-refractivity contribution in [2.24, 2.45) is 17.8 Å². The minimum Gasteiger partial charge on any atom is -0.481 e. The Hall–Kier alpha value is -1.26. The first-order valence-corrected chi connectivity index (χ1v) is 7.73. The van der Waals surface area contributed by atoms with Gasteiger partial charge in [-0.2, -0.15) is 0 Å². The Morgan fingerprint density at radius 1 is 1.35 bits per heavy atom. The zero-order valence-corrected chi connectivity index (χ0v) is 12.5. The van der Waals surface area contributed by atoms with Crippen molar-refractivity contribution in [1.82, 2.24) is 10.2 Å². The molecular formula is C15H26N2O3. The average molecular weight is 282 g/mol. The maximum absolute atomic E-state index is 12.1. The minimum atomic E-state index is -0.868. The summed E-state index contributed by atoms with van der Waals surface area (Å²) < 4.78 is 0. The van der Waals surface area contributed by atoms with Gasteiger partial charge in [-0.1, -0.05) is 13.3 Å². The SMILES string of the molecule is CCC(CC(=O)O)NC(=O)N(C)CC1CC2CCC1C2. The maximum Gasteiger partial charge on any atom is 0.317 e. The first kappa shape index (κ1) is 15.1. The van der Waals surface area contributed by atoms with Crippen molar-refractivity contribution < 1.29 is 14.7 Å². The maximum atomic E-state index is 12.1. The van der Waals surface area contributed by atoms with Crippen LogP contribution >= 0.6 is 0 Å². The number of aliphatic carboxylic acids is 1. The van der Waals surface area contributed by atoms with Crippen molar-refractivity contribution in [2.75, 3.05) is 13.6 Å². The van der Waals surface area contributed by atoms with Gasteiger partial charge < -0.3 is 15.3 Å². The summed E-state index contributed by atoms with van der Waals surface area (Å²) in [7, 11) is 1.81. The first-order chi connectivity index (χ1) is 9.49. The quantitative estimate of drug-likeness (QED) is 0.785. The van der Waals surface area contributed by atoms with Gasteiger partial charge in [0, 0.05) is 19.6 Å². The standard InChI is InChI=1S/C15H26N2O3/c1-3-13(8-14(18)19)16-15(20)17(2)9-12-7-10-4-5-11(12)6-10/h10-13H,3-9H2,1-2H3,(H,16,20)(H,18,19). The molecule has 0 aromatic carbocycles. The lowest BCUT2D eigenvalue weighted by Gasteiger charge is -2.28. The van der Waals surface area contributed by atoms with E-state index in [1.807, 2.05) is 14.0 Å². The van der Waals surface area contributed by atoms with Crippen LogP contribution in [0.1, 0.15) is 45.4 Å². The van der Waals surface area contributed by atoms with E-state index in [0.29, 0.717) is 12.3 Å². The Bertz CT molecular complexity index is 372. The van der Waals surface area contributed by atoms with Crippen LogP contribution in [0.2, 0.25) is 0 Å². The molecule has 0 aliphatic heterocycles. The van der Waals surface area contributed by atoms with Crippen molar-refractivity contribution >= 4 is 12.0 Å². The summed E-state index contributed by atoms with van der Waals surface area (Å²) in [5, 5.41) is 11.6. The summed E-state index contributed by atoms with van der Waals surface area (Å²) in [6, 6.07) is -0.414. The number of carbonyl (C=O) groups is 2. The van der Waals surface area contributed by atoms with Gasteiger partial charge in [-0.3, -0.25) is 4.79 Å². The molecule has 0 aromatic heterocycles. The molecule has 0 radical (unpaired) electrons. The van der Waals surface area contributed by atoms with E-state index in [4.69, 9.17) is 5.11 Å². The Morgan fingerprint density at radius 2 is 2.10 bits per heavy atom. The predicted octanol–water partition coefficient (Wildman–Crippen LogP) is 2.32. The highest BCUT2D eigenvalue weighted by Gasteiger charge is 2.40. The zero-order valence-electron chi connectivity index (χ0n) is 12.5. The van der Waals surface area contributed by atoms with Gasteiger partial charge in [0.2, 0.25) is 0 Å². The molecule has 0 spiro atoms. The second-order valence-corrected chi connectivity index (χ2v) is 6.47. The van der Waals surface area contributed by atoms with Gasteiger partial charge in [0.15, 0.2) is 0 Å². The third-order valence-electron chi connectivity index (χ3n) is 4.98. The minimum absolute atomic E-state index is 0.00971. The summed E-state index contributed by atoms with van der Waals surface area (Å²) in [4.78, 5) is 24.6. The van der Waals surface area contributed by atoms with Gasteiger partial charge in [-0.15, -0.1) is 0 Å². The van der Waals surface area contributed by atoms with Crippen LogP contribution in [0.25, 0.3) is 0 Å². The smallest absolute Gasteiger partial charge is 0.317 e. The molecule has 2 amide bonds. The zero-order chi connectivity index (χ0) is 14.7. The molecule has 2 aliphatic carbocycles. The number of amides is 2. The molecular weight excluding hydrogens is 256 g/mol. The van der Waals surface area contributed by atoms with Crippen LogP contribution in [0.4, 0.5) is 4.79 Å².